The quantitative estimate of drug-likeness (QED) is 0.296. The Bertz CT molecular complexity index is 1470. The number of halogens is 4. The second kappa shape index (κ2) is 9.09. The maximum atomic E-state index is 14.4. The van der Waals surface area contributed by atoms with Gasteiger partial charge in [-0.1, -0.05) is 0 Å². The van der Waals surface area contributed by atoms with Gasteiger partial charge in [0.05, 0.1) is 28.0 Å². The lowest BCUT2D eigenvalue weighted by Gasteiger charge is -2.22. The molecular formula is C23H17F4N5O4. The van der Waals surface area contributed by atoms with E-state index in [9.17, 15) is 27.2 Å². The molecule has 0 saturated heterocycles. The molecule has 4 aromatic rings. The van der Waals surface area contributed by atoms with Crippen molar-refractivity contribution >= 4 is 40.5 Å². The first-order valence-electron chi connectivity index (χ1n) is 10.1. The first-order valence-corrected chi connectivity index (χ1v) is 10.1. The normalized spacial score (nSPS) is 11.4. The van der Waals surface area contributed by atoms with Crippen LogP contribution in [0.25, 0.3) is 11.0 Å². The van der Waals surface area contributed by atoms with Gasteiger partial charge >= 0.3 is 18.3 Å². The Morgan fingerprint density at radius 1 is 1.06 bits per heavy atom. The van der Waals surface area contributed by atoms with E-state index < -0.39 is 35.4 Å². The zero-order valence-electron chi connectivity index (χ0n) is 18.4. The van der Waals surface area contributed by atoms with Crippen LogP contribution in [-0.2, 0) is 13.2 Å². The third-order valence-corrected chi connectivity index (χ3v) is 5.14. The lowest BCUT2D eigenvalue weighted by atomic mass is 10.1. The predicted octanol–water partition coefficient (Wildman–Crippen LogP) is 5.83. The Kier molecular flexibility index (Phi) is 6.14. The van der Waals surface area contributed by atoms with E-state index in [1.807, 2.05) is 0 Å². The number of carboxylic acid groups (broad SMARTS) is 1. The fourth-order valence-corrected chi connectivity index (χ4v) is 3.50. The number of anilines is 3. The van der Waals surface area contributed by atoms with E-state index in [2.05, 4.69) is 10.3 Å². The van der Waals surface area contributed by atoms with Crippen LogP contribution in [0.5, 0.6) is 11.5 Å². The summed E-state index contributed by atoms with van der Waals surface area (Å²) in [6.45, 7) is 0. The van der Waals surface area contributed by atoms with Crippen LogP contribution < -0.4 is 20.7 Å². The van der Waals surface area contributed by atoms with Crippen LogP contribution in [0.4, 0.5) is 44.5 Å². The number of ether oxygens (including phenoxy) is 1. The molecule has 4 N–H and O–H groups in total. The van der Waals surface area contributed by atoms with Gasteiger partial charge in [-0.2, -0.15) is 13.2 Å². The second-order valence-corrected chi connectivity index (χ2v) is 7.51. The molecule has 0 bridgehead atoms. The summed E-state index contributed by atoms with van der Waals surface area (Å²) in [5, 5.41) is 11.1. The SMILES string of the molecule is Cn1c(NC(=O)O)nc2cc(Oc3ccc(N(C(N)=O)c4cc(C(F)(F)F)ccc4F)cc3)ccc21. The molecule has 0 aliphatic rings. The van der Waals surface area contributed by atoms with Crippen LogP contribution in [0.15, 0.2) is 60.7 Å². The van der Waals surface area contributed by atoms with E-state index in [0.29, 0.717) is 39.9 Å². The fourth-order valence-electron chi connectivity index (χ4n) is 3.50. The minimum Gasteiger partial charge on any atom is -0.465 e. The number of nitrogens with two attached hydrogens (primary N) is 1. The highest BCUT2D eigenvalue weighted by Crippen LogP contribution is 2.36. The number of fused-ring (bicyclic) bond motifs is 1. The molecule has 0 radical (unpaired) electrons. The summed E-state index contributed by atoms with van der Waals surface area (Å²) in [5.41, 5.74) is 4.65. The zero-order chi connectivity index (χ0) is 26.2. The van der Waals surface area contributed by atoms with Crippen LogP contribution in [0.2, 0.25) is 0 Å². The van der Waals surface area contributed by atoms with Crippen LogP contribution in [0.3, 0.4) is 0 Å². The molecule has 0 aliphatic carbocycles. The number of aromatic nitrogens is 2. The van der Waals surface area contributed by atoms with Gasteiger partial charge in [-0.15, -0.1) is 0 Å². The molecule has 0 fully saturated rings. The van der Waals surface area contributed by atoms with Crippen molar-refractivity contribution in [3.8, 4) is 11.5 Å². The van der Waals surface area contributed by atoms with Crippen LogP contribution in [0.1, 0.15) is 5.56 Å². The number of primary amides is 1. The van der Waals surface area contributed by atoms with Crippen molar-refractivity contribution in [3.63, 3.8) is 0 Å². The van der Waals surface area contributed by atoms with E-state index >= 15 is 0 Å². The number of benzene rings is 3. The summed E-state index contributed by atoms with van der Waals surface area (Å²) in [6, 6.07) is 10.8. The van der Waals surface area contributed by atoms with Gasteiger partial charge in [0.2, 0.25) is 5.95 Å². The molecule has 1 aromatic heterocycles. The number of carbonyl (C=O) groups excluding carboxylic acids is 1. The number of hydrogen-bond acceptors (Lipinski definition) is 4. The highest BCUT2D eigenvalue weighted by atomic mass is 19.4. The van der Waals surface area contributed by atoms with E-state index in [1.54, 1.807) is 29.8 Å². The molecule has 186 valence electrons. The minimum absolute atomic E-state index is 0.0117. The monoisotopic (exact) mass is 503 g/mol. The van der Waals surface area contributed by atoms with Gasteiger partial charge < -0.3 is 20.1 Å². The summed E-state index contributed by atoms with van der Waals surface area (Å²) >= 11 is 0. The molecule has 13 heteroatoms. The largest absolute Gasteiger partial charge is 0.465 e. The minimum atomic E-state index is -4.75. The first-order chi connectivity index (χ1) is 16.9. The summed E-state index contributed by atoms with van der Waals surface area (Å²) in [7, 11) is 1.64. The Morgan fingerprint density at radius 3 is 2.33 bits per heavy atom. The number of hydrogen-bond donors (Lipinski definition) is 3. The van der Waals surface area contributed by atoms with Crippen molar-refractivity contribution in [3.05, 3.63) is 72.0 Å². The van der Waals surface area contributed by atoms with E-state index in [-0.39, 0.29) is 17.4 Å². The maximum absolute atomic E-state index is 14.4. The van der Waals surface area contributed by atoms with Gasteiger partial charge in [-0.05, 0) is 54.6 Å². The topological polar surface area (TPSA) is 123 Å². The molecular weight excluding hydrogens is 486 g/mol. The molecule has 36 heavy (non-hydrogen) atoms. The molecule has 9 nitrogen and oxygen atoms in total. The Labute approximate surface area is 200 Å². The number of rotatable bonds is 5. The number of alkyl halides is 3. The summed E-state index contributed by atoms with van der Waals surface area (Å²) in [5.74, 6) is -0.312. The average molecular weight is 503 g/mol. The number of aryl methyl sites for hydroxylation is 1. The van der Waals surface area contributed by atoms with Gasteiger partial charge in [0.15, 0.2) is 0 Å². The van der Waals surface area contributed by atoms with Crippen molar-refractivity contribution in [2.75, 3.05) is 10.2 Å². The molecule has 0 spiro atoms. The number of carbonyl (C=O) groups is 2. The molecule has 3 amide bonds. The number of nitrogens with zero attached hydrogens (tertiary/aromatic N) is 3. The van der Waals surface area contributed by atoms with Crippen LogP contribution in [0, 0.1) is 5.82 Å². The van der Waals surface area contributed by atoms with Gasteiger partial charge in [0.1, 0.15) is 17.3 Å². The van der Waals surface area contributed by atoms with E-state index in [4.69, 9.17) is 15.6 Å². The van der Waals surface area contributed by atoms with Crippen molar-refractivity contribution < 1.29 is 37.0 Å². The highest BCUT2D eigenvalue weighted by Gasteiger charge is 2.32. The second-order valence-electron chi connectivity index (χ2n) is 7.51. The lowest BCUT2D eigenvalue weighted by Crippen LogP contribution is -2.32. The number of nitrogens with one attached hydrogen (secondary N) is 1. The summed E-state index contributed by atoms with van der Waals surface area (Å²) in [6.07, 6.45) is -6.01. The van der Waals surface area contributed by atoms with E-state index in [0.717, 1.165) is 0 Å². The molecule has 0 saturated carbocycles. The number of urea groups is 1. The highest BCUT2D eigenvalue weighted by molar-refractivity contribution is 5.98. The van der Waals surface area contributed by atoms with Gasteiger partial charge in [0.25, 0.3) is 0 Å². The third-order valence-electron chi connectivity index (χ3n) is 5.14. The molecule has 3 aromatic carbocycles. The Morgan fingerprint density at radius 2 is 1.72 bits per heavy atom. The molecule has 0 unspecified atom stereocenters. The van der Waals surface area contributed by atoms with Crippen LogP contribution in [-0.4, -0.2) is 26.8 Å². The van der Waals surface area contributed by atoms with Crippen molar-refractivity contribution in [2.45, 2.75) is 6.18 Å². The molecule has 0 aliphatic heterocycles. The first kappa shape index (κ1) is 24.3. The molecule has 0 atom stereocenters. The van der Waals surface area contributed by atoms with Crippen molar-refractivity contribution in [2.24, 2.45) is 12.8 Å². The zero-order valence-corrected chi connectivity index (χ0v) is 18.4. The average Bonchev–Trinajstić information content (AvgIpc) is 3.09. The van der Waals surface area contributed by atoms with Crippen molar-refractivity contribution in [1.82, 2.24) is 9.55 Å². The summed E-state index contributed by atoms with van der Waals surface area (Å²) < 4.78 is 61.0. The number of imidazole rings is 1. The van der Waals surface area contributed by atoms with E-state index in [1.165, 1.54) is 24.3 Å². The van der Waals surface area contributed by atoms with Gasteiger partial charge in [0, 0.05) is 13.1 Å². The fraction of sp³-hybridized carbons (Fsp3) is 0.0870. The number of amides is 3. The maximum Gasteiger partial charge on any atom is 0.416 e. The van der Waals surface area contributed by atoms with Crippen LogP contribution >= 0.6 is 0 Å². The smallest absolute Gasteiger partial charge is 0.416 e. The lowest BCUT2D eigenvalue weighted by molar-refractivity contribution is -0.137. The summed E-state index contributed by atoms with van der Waals surface area (Å²) in [4.78, 5) is 27.7. The van der Waals surface area contributed by atoms with Gasteiger partial charge in [-0.25, -0.2) is 19.0 Å². The van der Waals surface area contributed by atoms with Crippen molar-refractivity contribution in [1.29, 1.82) is 0 Å². The predicted molar refractivity (Wildman–Crippen MR) is 122 cm³/mol. The van der Waals surface area contributed by atoms with Gasteiger partial charge in [-0.3, -0.25) is 10.2 Å². The molecule has 1 heterocycles. The standard InChI is InChI=1S/C23H17F4N5O4/c1-31-18-9-7-15(11-17(18)29-21(31)30-22(34)35)36-14-5-3-13(4-6-14)32(20(28)33)19-10-12(23(25,26)27)2-8-16(19)24/h2-11H,1H3,(H2,28,33)(H,29,30)(H,34,35). The third kappa shape index (κ3) is 4.85. The Balaban J connectivity index is 1.60. The Hall–Kier alpha value is -4.81. The molecule has 4 rings (SSSR count).